The summed E-state index contributed by atoms with van der Waals surface area (Å²) in [6, 6.07) is 0.735. The molecule has 0 aliphatic carbocycles. The van der Waals surface area contributed by atoms with Crippen molar-refractivity contribution in [2.24, 2.45) is 15.9 Å². The highest BCUT2D eigenvalue weighted by Gasteiger charge is 2.54. The van der Waals surface area contributed by atoms with Crippen LogP contribution in [0.15, 0.2) is 44.1 Å². The van der Waals surface area contributed by atoms with Crippen molar-refractivity contribution >= 4 is 93.2 Å². The number of nitrogen functional groups attached to an aromatic ring is 1. The Balaban J connectivity index is 1.50. The molecular weight excluding hydrogens is 651 g/mol. The molecule has 19 heteroatoms. The van der Waals surface area contributed by atoms with E-state index in [1.807, 2.05) is 0 Å². The number of oxime groups is 1. The number of thiazole rings is 1. The molecule has 6 N–H and O–H groups in total. The molecule has 0 radical (unpaired) electrons. The van der Waals surface area contributed by atoms with Gasteiger partial charge in [0.05, 0.1) is 6.34 Å². The predicted octanol–water partition coefficient (Wildman–Crippen LogP) is 2.17. The molecule has 2 amide bonds. The molecule has 2 aliphatic rings. The number of thioether (sulfide) groups is 3. The highest BCUT2D eigenvalue weighted by Crippen LogP contribution is 2.46. The Morgan fingerprint density at radius 1 is 1.43 bits per heavy atom. The van der Waals surface area contributed by atoms with E-state index in [1.165, 1.54) is 29.9 Å². The van der Waals surface area contributed by atoms with Crippen molar-refractivity contribution in [3.8, 4) is 0 Å². The van der Waals surface area contributed by atoms with Crippen LogP contribution >= 0.6 is 58.2 Å². The number of hydrogen-bond donors (Lipinski definition) is 4. The molecule has 2 aromatic rings. The average molecular weight is 675 g/mol. The van der Waals surface area contributed by atoms with E-state index in [-0.39, 0.29) is 26.6 Å². The lowest BCUT2D eigenvalue weighted by molar-refractivity contribution is -0.150. The van der Waals surface area contributed by atoms with Crippen molar-refractivity contribution < 1.29 is 28.7 Å². The minimum absolute atomic E-state index is 0.0505. The second-order valence-corrected chi connectivity index (χ2v) is 13.2. The maximum Gasteiger partial charge on any atom is 0.353 e. The summed E-state index contributed by atoms with van der Waals surface area (Å²) in [4.78, 5) is 58.1. The minimum Gasteiger partial charge on any atom is -0.477 e. The molecule has 2 aliphatic heterocycles. The van der Waals surface area contributed by atoms with Crippen molar-refractivity contribution in [1.82, 2.24) is 20.2 Å². The van der Waals surface area contributed by atoms with Gasteiger partial charge in [-0.2, -0.15) is 11.8 Å². The lowest BCUT2D eigenvalue weighted by Gasteiger charge is -2.49. The molecule has 0 bridgehead atoms. The van der Waals surface area contributed by atoms with Crippen LogP contribution in [0.4, 0.5) is 9.52 Å². The summed E-state index contributed by atoms with van der Waals surface area (Å²) in [6.07, 6.45) is 4.60. The first-order chi connectivity index (χ1) is 20.3. The number of carbonyl (C=O) groups is 3. The maximum atomic E-state index is 13.2. The lowest BCUT2D eigenvalue weighted by atomic mass is 10.0. The fourth-order valence-electron chi connectivity index (χ4n) is 3.81. The number of nitrogens with zero attached hydrogens (tertiary/aromatic N) is 5. The number of pyridine rings is 1. The first-order valence-electron chi connectivity index (χ1n) is 12.0. The van der Waals surface area contributed by atoms with Crippen LogP contribution in [0.3, 0.4) is 0 Å². The molecule has 1 saturated heterocycles. The Morgan fingerprint density at radius 2 is 2.24 bits per heavy atom. The third kappa shape index (κ3) is 7.28. The summed E-state index contributed by atoms with van der Waals surface area (Å²) in [7, 11) is 0. The third-order valence-corrected chi connectivity index (χ3v) is 10.3. The number of fused-ring (bicyclic) bond motifs is 1. The first kappa shape index (κ1) is 31.9. The van der Waals surface area contributed by atoms with Crippen LogP contribution in [-0.2, 0) is 25.0 Å². The summed E-state index contributed by atoms with van der Waals surface area (Å²) in [6.45, 7) is -0.696. The van der Waals surface area contributed by atoms with Crippen molar-refractivity contribution in [1.29, 1.82) is 0 Å². The molecule has 4 rings (SSSR count). The quantitative estimate of drug-likeness (QED) is 0.0750. The molecular formula is C23H24ClFN8O5S4. The topological polar surface area (TPSA) is 198 Å². The minimum atomic E-state index is -1.27. The van der Waals surface area contributed by atoms with Gasteiger partial charge in [0.15, 0.2) is 10.8 Å². The standard InChI is InChI=1S/C23H24ClFN8O5S4/c24-18-14(31-23(27)42-18)15(32-38-5-2-25)19(34)30-16-20(35)33-17(22(36)37)13(9-40-21(16)33)41-12-1-3-28-7-11(12)8-39-6-4-29-10-26/h1,3,7,10,16,21H,2,4-6,8-9H2,(H2,26,29)(H2,27,31)(H,30,34)(H,36,37)/b32-15-/t16-,21+/m1/s1. The fourth-order valence-corrected chi connectivity index (χ4v) is 8.22. The van der Waals surface area contributed by atoms with Crippen LogP contribution in [0.1, 0.15) is 11.3 Å². The van der Waals surface area contributed by atoms with Gasteiger partial charge in [-0.25, -0.2) is 14.2 Å². The number of aliphatic imine (C=N–C) groups is 1. The van der Waals surface area contributed by atoms with Crippen LogP contribution in [0.5, 0.6) is 0 Å². The van der Waals surface area contributed by atoms with E-state index in [0.717, 1.165) is 32.4 Å². The van der Waals surface area contributed by atoms with Gasteiger partial charge in [0.2, 0.25) is 0 Å². The van der Waals surface area contributed by atoms with Crippen molar-refractivity contribution in [3.05, 3.63) is 44.7 Å². The zero-order valence-electron chi connectivity index (χ0n) is 21.6. The SMILES string of the molecule is NC=NCCSCc1cnccc1SC1=C(C(=O)O)N2C(=O)[C@@H](NC(=O)/C(=N\OCCF)c3nc(N)sc3Cl)[C@@H]2SC1. The van der Waals surface area contributed by atoms with E-state index < -0.39 is 48.2 Å². The van der Waals surface area contributed by atoms with E-state index in [4.69, 9.17) is 27.9 Å². The van der Waals surface area contributed by atoms with E-state index in [1.54, 1.807) is 30.2 Å². The van der Waals surface area contributed by atoms with E-state index >= 15 is 0 Å². The van der Waals surface area contributed by atoms with Crippen LogP contribution in [-0.4, -0.2) is 92.6 Å². The van der Waals surface area contributed by atoms with Gasteiger partial charge in [0, 0.05) is 46.0 Å². The van der Waals surface area contributed by atoms with Gasteiger partial charge in [-0.1, -0.05) is 39.9 Å². The summed E-state index contributed by atoms with van der Waals surface area (Å²) in [5.74, 6) is -1.09. The number of amides is 2. The van der Waals surface area contributed by atoms with Crippen LogP contribution in [0, 0.1) is 0 Å². The molecule has 0 saturated carbocycles. The van der Waals surface area contributed by atoms with Gasteiger partial charge in [-0.15, -0.1) is 11.8 Å². The number of rotatable bonds is 14. The molecule has 0 spiro atoms. The number of halogens is 2. The smallest absolute Gasteiger partial charge is 0.353 e. The van der Waals surface area contributed by atoms with Gasteiger partial charge >= 0.3 is 5.97 Å². The molecule has 2 atom stereocenters. The summed E-state index contributed by atoms with van der Waals surface area (Å²) in [5.41, 5.74) is 11.2. The number of anilines is 1. The normalized spacial score (nSPS) is 18.7. The van der Waals surface area contributed by atoms with Gasteiger partial charge in [-0.05, 0) is 11.6 Å². The van der Waals surface area contributed by atoms with Crippen molar-refractivity contribution in [3.63, 3.8) is 0 Å². The number of hydrogen-bond acceptors (Lipinski definition) is 13. The zero-order chi connectivity index (χ0) is 30.2. The monoisotopic (exact) mass is 674 g/mol. The second-order valence-electron chi connectivity index (χ2n) is 8.27. The van der Waals surface area contributed by atoms with Gasteiger partial charge in [0.1, 0.15) is 40.4 Å². The molecule has 0 unspecified atom stereocenters. The molecule has 0 aromatic carbocycles. The number of aliphatic carboxylic acids is 1. The first-order valence-corrected chi connectivity index (χ1v) is 16.3. The van der Waals surface area contributed by atoms with Crippen LogP contribution < -0.4 is 16.8 Å². The largest absolute Gasteiger partial charge is 0.477 e. The number of carbonyl (C=O) groups excluding carboxylic acids is 2. The second kappa shape index (κ2) is 14.9. The number of aromatic nitrogens is 2. The van der Waals surface area contributed by atoms with Gasteiger partial charge in [0.25, 0.3) is 11.8 Å². The van der Waals surface area contributed by atoms with Gasteiger partial charge in [-0.3, -0.25) is 24.5 Å². The van der Waals surface area contributed by atoms with Crippen LogP contribution in [0.2, 0.25) is 4.34 Å². The Morgan fingerprint density at radius 3 is 2.93 bits per heavy atom. The van der Waals surface area contributed by atoms with E-state index in [2.05, 4.69) is 25.4 Å². The lowest BCUT2D eigenvalue weighted by Crippen LogP contribution is -2.71. The summed E-state index contributed by atoms with van der Waals surface area (Å²) < 4.78 is 12.6. The van der Waals surface area contributed by atoms with Crippen molar-refractivity contribution in [2.75, 3.05) is 37.1 Å². The number of alkyl halides is 1. The molecule has 13 nitrogen and oxygen atoms in total. The Hall–Kier alpha value is -3.06. The highest BCUT2D eigenvalue weighted by atomic mass is 35.5. The number of carboxylic acid groups (broad SMARTS) is 1. The van der Waals surface area contributed by atoms with Crippen LogP contribution in [0.25, 0.3) is 0 Å². The Kier molecular flexibility index (Phi) is 11.3. The molecule has 1 fully saturated rings. The fraction of sp³-hybridized carbons (Fsp3) is 0.348. The zero-order valence-corrected chi connectivity index (χ0v) is 25.6. The van der Waals surface area contributed by atoms with E-state index in [9.17, 15) is 23.9 Å². The predicted molar refractivity (Wildman–Crippen MR) is 163 cm³/mol. The average Bonchev–Trinajstić information content (AvgIpc) is 3.31. The number of β-lactam (4-membered cyclic amide) rings is 1. The number of carboxylic acids is 1. The Labute approximate surface area is 260 Å². The third-order valence-electron chi connectivity index (χ3n) is 5.61. The summed E-state index contributed by atoms with van der Waals surface area (Å²) >= 11 is 11.2. The molecule has 42 heavy (non-hydrogen) atoms. The van der Waals surface area contributed by atoms with Crippen molar-refractivity contribution in [2.45, 2.75) is 22.1 Å². The molecule has 224 valence electrons. The highest BCUT2D eigenvalue weighted by molar-refractivity contribution is 8.06. The molecule has 2 aromatic heterocycles. The van der Waals surface area contributed by atoms with Gasteiger partial charge < -0.3 is 26.7 Å². The van der Waals surface area contributed by atoms with E-state index in [0.29, 0.717) is 17.2 Å². The number of nitrogens with one attached hydrogen (secondary N) is 1. The number of nitrogens with two attached hydrogens (primary N) is 2. The summed E-state index contributed by atoms with van der Waals surface area (Å²) in [5, 5.41) is 15.7. The Bertz CT molecular complexity index is 1440. The molecule has 4 heterocycles. The maximum absolute atomic E-state index is 13.2.